The lowest BCUT2D eigenvalue weighted by Gasteiger charge is -2.35. The molecule has 5 rings (SSSR count). The Hall–Kier alpha value is -3.38. The third-order valence-corrected chi connectivity index (χ3v) is 6.96. The van der Waals surface area contributed by atoms with Crippen LogP contribution in [0.5, 0.6) is 0 Å². The average molecular weight is 533 g/mol. The van der Waals surface area contributed by atoms with Gasteiger partial charge < -0.3 is 15.0 Å². The smallest absolute Gasteiger partial charge is 0.378 e. The molecule has 1 atom stereocenters. The van der Waals surface area contributed by atoms with E-state index in [1.54, 1.807) is 12.1 Å². The van der Waals surface area contributed by atoms with E-state index in [9.17, 15) is 22.4 Å². The van der Waals surface area contributed by atoms with E-state index in [4.69, 9.17) is 9.72 Å². The molecule has 2 aromatic heterocycles. The molecule has 2 saturated heterocycles. The maximum atomic E-state index is 13.8. The van der Waals surface area contributed by atoms with Crippen LogP contribution in [0, 0.1) is 0 Å². The minimum atomic E-state index is -4.65. The summed E-state index contributed by atoms with van der Waals surface area (Å²) in [6.07, 6.45) is -2.69. The van der Waals surface area contributed by atoms with Crippen LogP contribution in [-0.4, -0.2) is 77.9 Å². The molecule has 2 aliphatic rings. The summed E-state index contributed by atoms with van der Waals surface area (Å²) < 4.78 is 58.1. The molecule has 8 nitrogen and oxygen atoms in total. The number of morpholine rings is 1. The molecule has 0 bridgehead atoms. The number of carbonyl (C=O) groups is 1. The van der Waals surface area contributed by atoms with Gasteiger partial charge in [0.1, 0.15) is 12.0 Å². The van der Waals surface area contributed by atoms with Crippen LogP contribution >= 0.6 is 0 Å². The third-order valence-electron chi connectivity index (χ3n) is 6.96. The predicted molar refractivity (Wildman–Crippen MR) is 133 cm³/mol. The SMILES string of the molecule is O=C(NCC(c1cnc(C(F)(F)F)nc1)N1CCC(F)CC1)c1cccc2nc(N3CCOCC3)ccc12. The topological polar surface area (TPSA) is 83.5 Å². The number of nitrogens with zero attached hydrogens (tertiary/aromatic N) is 5. The van der Waals surface area contributed by atoms with Gasteiger partial charge in [0.2, 0.25) is 5.82 Å². The summed E-state index contributed by atoms with van der Waals surface area (Å²) in [5.41, 5.74) is 1.54. The van der Waals surface area contributed by atoms with Crippen molar-refractivity contribution in [3.05, 3.63) is 59.7 Å². The summed E-state index contributed by atoms with van der Waals surface area (Å²) in [6.45, 7) is 3.67. The molecule has 12 heteroatoms. The Bertz CT molecular complexity index is 1260. The van der Waals surface area contributed by atoms with Gasteiger partial charge in [-0.3, -0.25) is 9.69 Å². The van der Waals surface area contributed by atoms with Crippen molar-refractivity contribution in [2.24, 2.45) is 0 Å². The lowest BCUT2D eigenvalue weighted by molar-refractivity contribution is -0.145. The number of alkyl halides is 4. The highest BCUT2D eigenvalue weighted by Gasteiger charge is 2.35. The Balaban J connectivity index is 1.35. The minimum absolute atomic E-state index is 0.0974. The van der Waals surface area contributed by atoms with E-state index in [1.165, 1.54) is 0 Å². The van der Waals surface area contributed by atoms with Crippen LogP contribution in [0.1, 0.15) is 40.6 Å². The normalized spacial score (nSPS) is 18.5. The molecule has 1 amide bonds. The molecule has 0 spiro atoms. The molecule has 0 saturated carbocycles. The van der Waals surface area contributed by atoms with Gasteiger partial charge in [-0.15, -0.1) is 0 Å². The number of halogens is 4. The lowest BCUT2D eigenvalue weighted by atomic mass is 10.0. The molecule has 2 aliphatic heterocycles. The molecule has 3 aromatic rings. The van der Waals surface area contributed by atoms with Gasteiger partial charge in [0.15, 0.2) is 0 Å². The summed E-state index contributed by atoms with van der Waals surface area (Å²) in [6, 6.07) is 8.57. The van der Waals surface area contributed by atoms with Crippen molar-refractivity contribution in [3.8, 4) is 0 Å². The fourth-order valence-corrected chi connectivity index (χ4v) is 4.89. The Morgan fingerprint density at radius 3 is 2.45 bits per heavy atom. The number of benzene rings is 1. The van der Waals surface area contributed by atoms with Crippen molar-refractivity contribution >= 4 is 22.6 Å². The molecule has 1 aromatic carbocycles. The van der Waals surface area contributed by atoms with Crippen LogP contribution in [0.2, 0.25) is 0 Å². The number of pyridine rings is 1. The number of hydrogen-bond donors (Lipinski definition) is 1. The number of piperidine rings is 1. The number of fused-ring (bicyclic) bond motifs is 1. The van der Waals surface area contributed by atoms with Crippen LogP contribution in [0.3, 0.4) is 0 Å². The maximum Gasteiger partial charge on any atom is 0.451 e. The number of ether oxygens (including phenoxy) is 1. The second-order valence-electron chi connectivity index (χ2n) is 9.42. The van der Waals surface area contributed by atoms with Crippen molar-refractivity contribution in [3.63, 3.8) is 0 Å². The molecule has 1 N–H and O–H groups in total. The van der Waals surface area contributed by atoms with Crippen LogP contribution in [0.15, 0.2) is 42.7 Å². The highest BCUT2D eigenvalue weighted by atomic mass is 19.4. The average Bonchev–Trinajstić information content (AvgIpc) is 2.93. The first kappa shape index (κ1) is 26.2. The fraction of sp³-hybridized carbons (Fsp3) is 0.462. The van der Waals surface area contributed by atoms with E-state index in [-0.39, 0.29) is 12.5 Å². The van der Waals surface area contributed by atoms with Gasteiger partial charge in [-0.2, -0.15) is 13.2 Å². The quantitative estimate of drug-likeness (QED) is 0.484. The van der Waals surface area contributed by atoms with E-state index >= 15 is 0 Å². The van der Waals surface area contributed by atoms with E-state index in [2.05, 4.69) is 20.2 Å². The van der Waals surface area contributed by atoms with E-state index in [0.717, 1.165) is 31.3 Å². The van der Waals surface area contributed by atoms with Crippen molar-refractivity contribution < 1.29 is 27.1 Å². The number of likely N-dealkylation sites (tertiary alicyclic amines) is 1. The number of amides is 1. The van der Waals surface area contributed by atoms with Crippen molar-refractivity contribution in [2.75, 3.05) is 50.8 Å². The maximum absolute atomic E-state index is 13.8. The monoisotopic (exact) mass is 532 g/mol. The van der Waals surface area contributed by atoms with Crippen LogP contribution in [0.25, 0.3) is 10.9 Å². The second-order valence-corrected chi connectivity index (χ2v) is 9.42. The lowest BCUT2D eigenvalue weighted by Crippen LogP contribution is -2.42. The van der Waals surface area contributed by atoms with Crippen molar-refractivity contribution in [2.45, 2.75) is 31.2 Å². The Kier molecular flexibility index (Phi) is 7.70. The van der Waals surface area contributed by atoms with E-state index in [1.807, 2.05) is 23.1 Å². The number of hydrogen-bond acceptors (Lipinski definition) is 7. The molecule has 38 heavy (non-hydrogen) atoms. The zero-order valence-electron chi connectivity index (χ0n) is 20.6. The summed E-state index contributed by atoms with van der Waals surface area (Å²) in [5.74, 6) is -0.752. The van der Waals surface area contributed by atoms with Crippen LogP contribution < -0.4 is 10.2 Å². The number of aromatic nitrogens is 3. The largest absolute Gasteiger partial charge is 0.451 e. The third kappa shape index (κ3) is 5.86. The molecule has 1 unspecified atom stereocenters. The number of carbonyl (C=O) groups excluding carboxylic acids is 1. The molecular formula is C26H28F4N6O2. The number of nitrogens with one attached hydrogen (secondary N) is 1. The second kappa shape index (κ2) is 11.2. The Labute approximate surface area is 217 Å². The molecule has 0 radical (unpaired) electrons. The molecule has 2 fully saturated rings. The zero-order valence-corrected chi connectivity index (χ0v) is 20.6. The predicted octanol–water partition coefficient (Wildman–Crippen LogP) is 3.79. The van der Waals surface area contributed by atoms with Crippen molar-refractivity contribution in [1.29, 1.82) is 0 Å². The molecular weight excluding hydrogens is 504 g/mol. The number of rotatable bonds is 6. The Morgan fingerprint density at radius 2 is 1.76 bits per heavy atom. The first-order chi connectivity index (χ1) is 18.3. The first-order valence-corrected chi connectivity index (χ1v) is 12.6. The summed E-state index contributed by atoms with van der Waals surface area (Å²) in [5, 5.41) is 3.60. The van der Waals surface area contributed by atoms with Gasteiger partial charge in [0, 0.05) is 61.6 Å². The standard InChI is InChI=1S/C26H28F4N6O2/c27-18-6-8-35(9-7-18)22(17-14-32-25(33-15-17)26(28,29)30)16-31-24(37)20-2-1-3-21-19(20)4-5-23(34-21)36-10-12-38-13-11-36/h1-5,14-15,18,22H,6-13,16H2,(H,31,37). The Morgan fingerprint density at radius 1 is 1.05 bits per heavy atom. The van der Waals surface area contributed by atoms with Gasteiger partial charge in [-0.25, -0.2) is 19.3 Å². The fourth-order valence-electron chi connectivity index (χ4n) is 4.89. The zero-order chi connectivity index (χ0) is 26.7. The van der Waals surface area contributed by atoms with Crippen molar-refractivity contribution in [1.82, 2.24) is 25.2 Å². The van der Waals surface area contributed by atoms with Gasteiger partial charge in [-0.1, -0.05) is 6.07 Å². The van der Waals surface area contributed by atoms with Crippen LogP contribution in [0.4, 0.5) is 23.4 Å². The van der Waals surface area contributed by atoms with Gasteiger partial charge >= 0.3 is 6.18 Å². The van der Waals surface area contributed by atoms with Crippen LogP contribution in [-0.2, 0) is 10.9 Å². The van der Waals surface area contributed by atoms with E-state index in [0.29, 0.717) is 61.2 Å². The number of anilines is 1. The molecule has 4 heterocycles. The highest BCUT2D eigenvalue weighted by Crippen LogP contribution is 2.29. The molecule has 0 aliphatic carbocycles. The summed E-state index contributed by atoms with van der Waals surface area (Å²) in [4.78, 5) is 29.1. The molecule has 202 valence electrons. The van der Waals surface area contributed by atoms with Gasteiger partial charge in [-0.05, 0) is 37.1 Å². The van der Waals surface area contributed by atoms with Gasteiger partial charge in [0.05, 0.1) is 24.8 Å². The minimum Gasteiger partial charge on any atom is -0.378 e. The highest BCUT2D eigenvalue weighted by molar-refractivity contribution is 6.06. The summed E-state index contributed by atoms with van der Waals surface area (Å²) in [7, 11) is 0. The van der Waals surface area contributed by atoms with E-state index < -0.39 is 24.2 Å². The first-order valence-electron chi connectivity index (χ1n) is 12.6. The van der Waals surface area contributed by atoms with Gasteiger partial charge in [0.25, 0.3) is 5.91 Å². The summed E-state index contributed by atoms with van der Waals surface area (Å²) >= 11 is 0.